The van der Waals surface area contributed by atoms with E-state index < -0.39 is 0 Å². The molecule has 2 fully saturated rings. The highest BCUT2D eigenvalue weighted by atomic mass is 35.5. The number of carbonyl (C=O) groups is 2. The summed E-state index contributed by atoms with van der Waals surface area (Å²) >= 11 is 6.10. The second kappa shape index (κ2) is 7.75. The van der Waals surface area contributed by atoms with Gasteiger partial charge in [0.1, 0.15) is 0 Å². The standard InChI is InChI=1S/C20H22ClN5O2/c1-13-16(21)4-2-5-17(13)24-18(27)14-12-15(14)19(28)25-8-10-26(11-9-25)20-22-6-3-7-23-20/h2-7,14-15H,8-12H2,1H3,(H,24,27). The van der Waals surface area contributed by atoms with Crippen LogP contribution in [-0.2, 0) is 9.59 Å². The second-order valence-electron chi connectivity index (χ2n) is 7.21. The third-order valence-electron chi connectivity index (χ3n) is 5.40. The fourth-order valence-electron chi connectivity index (χ4n) is 3.54. The summed E-state index contributed by atoms with van der Waals surface area (Å²) in [5.41, 5.74) is 1.53. The molecule has 1 saturated carbocycles. The van der Waals surface area contributed by atoms with Crippen LogP contribution in [0.3, 0.4) is 0 Å². The van der Waals surface area contributed by atoms with Gasteiger partial charge in [-0.3, -0.25) is 9.59 Å². The average molecular weight is 400 g/mol. The van der Waals surface area contributed by atoms with E-state index in [0.29, 0.717) is 49.3 Å². The van der Waals surface area contributed by atoms with Crippen molar-refractivity contribution in [1.29, 1.82) is 0 Å². The molecule has 1 aromatic heterocycles. The van der Waals surface area contributed by atoms with Gasteiger partial charge in [0, 0.05) is 49.3 Å². The number of benzene rings is 1. The molecular formula is C20H22ClN5O2. The first-order valence-corrected chi connectivity index (χ1v) is 9.79. The maximum atomic E-state index is 12.8. The molecule has 0 bridgehead atoms. The first kappa shape index (κ1) is 18.7. The number of aromatic nitrogens is 2. The van der Waals surface area contributed by atoms with Gasteiger partial charge in [-0.2, -0.15) is 0 Å². The summed E-state index contributed by atoms with van der Waals surface area (Å²) in [6.45, 7) is 4.50. The molecule has 2 aromatic rings. The molecule has 0 radical (unpaired) electrons. The van der Waals surface area contributed by atoms with Crippen LogP contribution in [-0.4, -0.2) is 52.9 Å². The summed E-state index contributed by atoms with van der Waals surface area (Å²) in [4.78, 5) is 37.7. The van der Waals surface area contributed by atoms with Gasteiger partial charge in [0.05, 0.1) is 11.8 Å². The number of nitrogens with one attached hydrogen (secondary N) is 1. The number of nitrogens with zero attached hydrogens (tertiary/aromatic N) is 4. The Bertz CT molecular complexity index is 883. The zero-order chi connectivity index (χ0) is 19.7. The molecule has 1 aliphatic heterocycles. The Hall–Kier alpha value is -2.67. The molecule has 146 valence electrons. The maximum Gasteiger partial charge on any atom is 0.228 e. The number of rotatable bonds is 4. The van der Waals surface area contributed by atoms with Crippen molar-refractivity contribution in [2.45, 2.75) is 13.3 Å². The smallest absolute Gasteiger partial charge is 0.228 e. The SMILES string of the molecule is Cc1c(Cl)cccc1NC(=O)C1CC1C(=O)N1CCN(c2ncccn2)CC1. The highest BCUT2D eigenvalue weighted by molar-refractivity contribution is 6.31. The third kappa shape index (κ3) is 3.80. The van der Waals surface area contributed by atoms with Crippen LogP contribution in [0.5, 0.6) is 0 Å². The lowest BCUT2D eigenvalue weighted by atomic mass is 10.2. The van der Waals surface area contributed by atoms with E-state index in [1.165, 1.54) is 0 Å². The van der Waals surface area contributed by atoms with E-state index >= 15 is 0 Å². The van der Waals surface area contributed by atoms with Gasteiger partial charge in [-0.15, -0.1) is 0 Å². The Morgan fingerprint density at radius 1 is 1.07 bits per heavy atom. The molecule has 0 spiro atoms. The minimum atomic E-state index is -0.263. The Labute approximate surface area is 168 Å². The molecule has 1 aromatic carbocycles. The van der Waals surface area contributed by atoms with Gasteiger partial charge >= 0.3 is 0 Å². The first-order valence-electron chi connectivity index (χ1n) is 9.41. The van der Waals surface area contributed by atoms with Crippen LogP contribution < -0.4 is 10.2 Å². The van der Waals surface area contributed by atoms with Crippen molar-refractivity contribution in [3.05, 3.63) is 47.2 Å². The highest BCUT2D eigenvalue weighted by Gasteiger charge is 2.49. The summed E-state index contributed by atoms with van der Waals surface area (Å²) in [7, 11) is 0. The van der Waals surface area contributed by atoms with Crippen molar-refractivity contribution in [3.63, 3.8) is 0 Å². The molecule has 1 aliphatic carbocycles. The Morgan fingerprint density at radius 3 is 2.50 bits per heavy atom. The summed E-state index contributed by atoms with van der Waals surface area (Å²) in [5.74, 6) is 0.159. The third-order valence-corrected chi connectivity index (χ3v) is 5.81. The zero-order valence-corrected chi connectivity index (χ0v) is 16.4. The number of hydrogen-bond acceptors (Lipinski definition) is 5. The van der Waals surface area contributed by atoms with E-state index in [2.05, 4.69) is 20.2 Å². The summed E-state index contributed by atoms with van der Waals surface area (Å²) in [5, 5.41) is 3.52. The molecule has 8 heteroatoms. The molecule has 28 heavy (non-hydrogen) atoms. The van der Waals surface area contributed by atoms with Gasteiger partial charge in [0.2, 0.25) is 17.8 Å². The fraction of sp³-hybridized carbons (Fsp3) is 0.400. The van der Waals surface area contributed by atoms with E-state index in [-0.39, 0.29) is 23.7 Å². The lowest BCUT2D eigenvalue weighted by Gasteiger charge is -2.34. The van der Waals surface area contributed by atoms with Gasteiger partial charge in [0.25, 0.3) is 0 Å². The molecule has 1 saturated heterocycles. The quantitative estimate of drug-likeness (QED) is 0.853. The number of amides is 2. The fourth-order valence-corrected chi connectivity index (χ4v) is 3.72. The van der Waals surface area contributed by atoms with Gasteiger partial charge in [-0.05, 0) is 37.1 Å². The summed E-state index contributed by atoms with van der Waals surface area (Å²) in [6, 6.07) is 7.20. The largest absolute Gasteiger partial charge is 0.339 e. The number of halogens is 1. The van der Waals surface area contributed by atoms with Crippen LogP contribution in [0.1, 0.15) is 12.0 Å². The zero-order valence-electron chi connectivity index (χ0n) is 15.6. The van der Waals surface area contributed by atoms with Crippen molar-refractivity contribution in [2.24, 2.45) is 11.8 Å². The molecular weight excluding hydrogens is 378 g/mol. The van der Waals surface area contributed by atoms with Crippen molar-refractivity contribution in [3.8, 4) is 0 Å². The molecule has 7 nitrogen and oxygen atoms in total. The van der Waals surface area contributed by atoms with E-state index in [1.54, 1.807) is 30.6 Å². The van der Waals surface area contributed by atoms with Crippen molar-refractivity contribution in [2.75, 3.05) is 36.4 Å². The van der Waals surface area contributed by atoms with E-state index in [0.717, 1.165) is 5.56 Å². The second-order valence-corrected chi connectivity index (χ2v) is 7.62. The van der Waals surface area contributed by atoms with Crippen LogP contribution in [0, 0.1) is 18.8 Å². The van der Waals surface area contributed by atoms with Crippen molar-refractivity contribution >= 4 is 35.1 Å². The van der Waals surface area contributed by atoms with E-state index in [4.69, 9.17) is 11.6 Å². The minimum absolute atomic E-state index is 0.0663. The molecule has 2 atom stereocenters. The average Bonchev–Trinajstić information content (AvgIpc) is 3.53. The number of piperazine rings is 1. The lowest BCUT2D eigenvalue weighted by Crippen LogP contribution is -2.50. The van der Waals surface area contributed by atoms with Crippen molar-refractivity contribution in [1.82, 2.24) is 14.9 Å². The lowest BCUT2D eigenvalue weighted by molar-refractivity contribution is -0.134. The Morgan fingerprint density at radius 2 is 1.79 bits per heavy atom. The molecule has 2 aliphatic rings. The highest BCUT2D eigenvalue weighted by Crippen LogP contribution is 2.41. The van der Waals surface area contributed by atoms with Crippen LogP contribution in [0.15, 0.2) is 36.7 Å². The maximum absolute atomic E-state index is 12.8. The predicted octanol–water partition coefficient (Wildman–Crippen LogP) is 2.36. The normalized spacial score (nSPS) is 21.4. The molecule has 1 N–H and O–H groups in total. The topological polar surface area (TPSA) is 78.4 Å². The Kier molecular flexibility index (Phi) is 5.17. The van der Waals surface area contributed by atoms with Crippen LogP contribution in [0.4, 0.5) is 11.6 Å². The molecule has 2 unspecified atom stereocenters. The summed E-state index contributed by atoms with van der Waals surface area (Å²) < 4.78 is 0. The van der Waals surface area contributed by atoms with Crippen molar-refractivity contribution < 1.29 is 9.59 Å². The minimum Gasteiger partial charge on any atom is -0.339 e. The van der Waals surface area contributed by atoms with Gasteiger partial charge in [-0.25, -0.2) is 9.97 Å². The summed E-state index contributed by atoms with van der Waals surface area (Å²) in [6.07, 6.45) is 4.04. The van der Waals surface area contributed by atoms with Gasteiger partial charge < -0.3 is 15.1 Å². The van der Waals surface area contributed by atoms with Crippen LogP contribution in [0.25, 0.3) is 0 Å². The van der Waals surface area contributed by atoms with E-state index in [9.17, 15) is 9.59 Å². The van der Waals surface area contributed by atoms with E-state index in [1.807, 2.05) is 17.9 Å². The molecule has 4 rings (SSSR count). The molecule has 2 heterocycles. The van der Waals surface area contributed by atoms with Gasteiger partial charge in [-0.1, -0.05) is 17.7 Å². The first-order chi connectivity index (χ1) is 13.5. The predicted molar refractivity (Wildman–Crippen MR) is 107 cm³/mol. The number of anilines is 2. The number of carbonyl (C=O) groups excluding carboxylic acids is 2. The molecule has 2 amide bonds. The Balaban J connectivity index is 1.30. The van der Waals surface area contributed by atoms with Gasteiger partial charge in [0.15, 0.2) is 0 Å². The van der Waals surface area contributed by atoms with Crippen LogP contribution in [0.2, 0.25) is 5.02 Å². The number of hydrogen-bond donors (Lipinski definition) is 1. The van der Waals surface area contributed by atoms with Crippen LogP contribution >= 0.6 is 11.6 Å². The monoisotopic (exact) mass is 399 g/mol.